The highest BCUT2D eigenvalue weighted by Crippen LogP contribution is 2.25. The van der Waals surface area contributed by atoms with Crippen LogP contribution >= 0.6 is 0 Å². The summed E-state index contributed by atoms with van der Waals surface area (Å²) < 4.78 is 41.2. The van der Waals surface area contributed by atoms with Gasteiger partial charge in [-0.05, 0) is 19.1 Å². The molecule has 0 fully saturated rings. The van der Waals surface area contributed by atoms with Crippen LogP contribution in [-0.4, -0.2) is 23.1 Å². The lowest BCUT2D eigenvalue weighted by Crippen LogP contribution is -2.46. The van der Waals surface area contributed by atoms with Crippen molar-refractivity contribution in [2.75, 3.05) is 0 Å². The SMILES string of the molecule is CC1C=CC=C[N+]1(F)S(=O)(=O)O. The van der Waals surface area contributed by atoms with Crippen LogP contribution in [0.4, 0.5) is 4.48 Å². The Kier molecular flexibility index (Phi) is 2.07. The van der Waals surface area contributed by atoms with Crippen LogP contribution in [0.25, 0.3) is 0 Å². The van der Waals surface area contributed by atoms with Gasteiger partial charge in [0.1, 0.15) is 0 Å². The molecule has 0 aromatic heterocycles. The summed E-state index contributed by atoms with van der Waals surface area (Å²) in [6, 6.07) is -0.926. The number of nitrogens with zero attached hydrogens (tertiary/aromatic N) is 1. The number of hydrogen-bond acceptors (Lipinski definition) is 2. The first-order valence-electron chi connectivity index (χ1n) is 3.29. The van der Waals surface area contributed by atoms with Crippen molar-refractivity contribution in [2.24, 2.45) is 0 Å². The minimum Gasteiger partial charge on any atom is -0.238 e. The van der Waals surface area contributed by atoms with E-state index in [1.54, 1.807) is 0 Å². The number of rotatable bonds is 1. The molecule has 4 nitrogen and oxygen atoms in total. The maximum Gasteiger partial charge on any atom is 0.475 e. The standard InChI is InChI=1S/C6H8FNO3S/c1-6-4-2-3-5-8(6,7)12(9,10)11/h2-6H,1H3/p+1. The van der Waals surface area contributed by atoms with Crippen LogP contribution in [-0.2, 0) is 10.3 Å². The second-order valence-corrected chi connectivity index (χ2v) is 3.99. The molecule has 0 saturated carbocycles. The maximum atomic E-state index is 13.4. The van der Waals surface area contributed by atoms with Crippen LogP contribution in [0, 0.1) is 0 Å². The molecule has 1 aliphatic rings. The Hall–Kier alpha value is -0.720. The minimum atomic E-state index is -4.74. The van der Waals surface area contributed by atoms with Crippen molar-refractivity contribution in [3.05, 3.63) is 24.4 Å². The summed E-state index contributed by atoms with van der Waals surface area (Å²) in [5, 5.41) is 0. The maximum absolute atomic E-state index is 13.4. The third-order valence-electron chi connectivity index (χ3n) is 1.70. The fourth-order valence-corrected chi connectivity index (χ4v) is 1.65. The lowest BCUT2D eigenvalue weighted by molar-refractivity contribution is -0.923. The lowest BCUT2D eigenvalue weighted by atomic mass is 10.2. The average Bonchev–Trinajstić information content (AvgIpc) is 1.93. The summed E-state index contributed by atoms with van der Waals surface area (Å²) in [6.07, 6.45) is 4.88. The Balaban J connectivity index is 3.16. The van der Waals surface area contributed by atoms with E-state index in [0.717, 1.165) is 6.20 Å². The fraction of sp³-hybridized carbons (Fsp3) is 0.333. The summed E-state index contributed by atoms with van der Waals surface area (Å²) in [5.74, 6) is 0. The minimum absolute atomic E-state index is 0.778. The average molecular weight is 194 g/mol. The Bertz CT molecular complexity index is 335. The van der Waals surface area contributed by atoms with Gasteiger partial charge in [0, 0.05) is 8.59 Å². The van der Waals surface area contributed by atoms with E-state index in [2.05, 4.69) is 0 Å². The number of halogens is 1. The van der Waals surface area contributed by atoms with E-state index in [-0.39, 0.29) is 0 Å². The predicted molar refractivity (Wildman–Crippen MR) is 40.7 cm³/mol. The van der Waals surface area contributed by atoms with Crippen LogP contribution in [0.1, 0.15) is 6.92 Å². The molecule has 0 aliphatic carbocycles. The summed E-state index contributed by atoms with van der Waals surface area (Å²) in [6.45, 7) is 1.35. The molecule has 0 radical (unpaired) electrons. The first-order chi connectivity index (χ1) is 5.38. The third kappa shape index (κ3) is 1.28. The largest absolute Gasteiger partial charge is 0.475 e. The van der Waals surface area contributed by atoms with Crippen LogP contribution in [0.15, 0.2) is 24.4 Å². The summed E-state index contributed by atoms with van der Waals surface area (Å²) in [7, 11) is -4.74. The summed E-state index contributed by atoms with van der Waals surface area (Å²) in [4.78, 5) is 0. The molecule has 0 aromatic carbocycles. The van der Waals surface area contributed by atoms with Gasteiger partial charge in [-0.15, -0.1) is 8.42 Å². The molecular formula is C6H9FNO3S+. The van der Waals surface area contributed by atoms with Crippen molar-refractivity contribution in [3.63, 3.8) is 0 Å². The van der Waals surface area contributed by atoms with E-state index < -0.39 is 20.5 Å². The van der Waals surface area contributed by atoms with Gasteiger partial charge in [-0.2, -0.15) is 0 Å². The van der Waals surface area contributed by atoms with Gasteiger partial charge in [0.05, 0.1) is 0 Å². The van der Waals surface area contributed by atoms with E-state index in [9.17, 15) is 12.9 Å². The lowest BCUT2D eigenvalue weighted by Gasteiger charge is -2.23. The van der Waals surface area contributed by atoms with Gasteiger partial charge in [0.25, 0.3) is 0 Å². The molecule has 2 unspecified atom stereocenters. The molecule has 1 N–H and O–H groups in total. The van der Waals surface area contributed by atoms with Crippen LogP contribution < -0.4 is 0 Å². The van der Waals surface area contributed by atoms with Crippen LogP contribution in [0.3, 0.4) is 0 Å². The Morgan fingerprint density at radius 1 is 1.50 bits per heavy atom. The van der Waals surface area contributed by atoms with E-state index in [1.807, 2.05) is 0 Å². The highest BCUT2D eigenvalue weighted by molar-refractivity contribution is 7.80. The zero-order valence-electron chi connectivity index (χ0n) is 6.38. The van der Waals surface area contributed by atoms with Crippen LogP contribution in [0.2, 0.25) is 0 Å². The van der Waals surface area contributed by atoms with Gasteiger partial charge in [0.15, 0.2) is 12.2 Å². The molecule has 0 saturated heterocycles. The highest BCUT2D eigenvalue weighted by Gasteiger charge is 2.46. The van der Waals surface area contributed by atoms with E-state index >= 15 is 0 Å². The first kappa shape index (κ1) is 9.37. The van der Waals surface area contributed by atoms with Crippen molar-refractivity contribution in [2.45, 2.75) is 13.0 Å². The van der Waals surface area contributed by atoms with Crippen molar-refractivity contribution in [1.82, 2.24) is 0 Å². The number of allylic oxidation sites excluding steroid dienone is 2. The zero-order chi connectivity index (χ0) is 9.41. The molecule has 0 aromatic rings. The van der Waals surface area contributed by atoms with E-state index in [0.29, 0.717) is 0 Å². The predicted octanol–water partition coefficient (Wildman–Crippen LogP) is 0.963. The first-order valence-corrected chi connectivity index (χ1v) is 4.69. The van der Waals surface area contributed by atoms with Crippen molar-refractivity contribution in [1.29, 1.82) is 0 Å². The number of hydrogen-bond donors (Lipinski definition) is 1. The van der Waals surface area contributed by atoms with Crippen molar-refractivity contribution in [3.8, 4) is 0 Å². The molecule has 1 heterocycles. The Morgan fingerprint density at radius 3 is 2.42 bits per heavy atom. The smallest absolute Gasteiger partial charge is 0.238 e. The number of quaternary nitrogens is 1. The van der Waals surface area contributed by atoms with Crippen molar-refractivity contribution < 1.29 is 21.6 Å². The zero-order valence-corrected chi connectivity index (χ0v) is 7.20. The van der Waals surface area contributed by atoms with Crippen LogP contribution in [0.5, 0.6) is 0 Å². The Labute approximate surface area is 70.0 Å². The third-order valence-corrected chi connectivity index (χ3v) is 2.86. The molecule has 1 aliphatic heterocycles. The monoisotopic (exact) mass is 194 g/mol. The molecule has 1 rings (SSSR count). The van der Waals surface area contributed by atoms with Gasteiger partial charge in [-0.3, -0.25) is 0 Å². The second-order valence-electron chi connectivity index (χ2n) is 2.54. The quantitative estimate of drug-likeness (QED) is 0.499. The molecule has 0 amide bonds. The van der Waals surface area contributed by atoms with Gasteiger partial charge >= 0.3 is 10.3 Å². The molecule has 0 bridgehead atoms. The van der Waals surface area contributed by atoms with Gasteiger partial charge < -0.3 is 0 Å². The summed E-state index contributed by atoms with van der Waals surface area (Å²) >= 11 is 0. The van der Waals surface area contributed by atoms with E-state index in [4.69, 9.17) is 4.55 Å². The normalized spacial score (nSPS) is 35.4. The Morgan fingerprint density at radius 2 is 2.08 bits per heavy atom. The molecule has 2 atom stereocenters. The molecule has 0 spiro atoms. The molecule has 6 heteroatoms. The molecule has 68 valence electrons. The highest BCUT2D eigenvalue weighted by atomic mass is 32.2. The fourth-order valence-electron chi connectivity index (χ4n) is 0.932. The topological polar surface area (TPSA) is 54.4 Å². The molecular weight excluding hydrogens is 185 g/mol. The second kappa shape index (κ2) is 2.65. The van der Waals surface area contributed by atoms with Gasteiger partial charge in [-0.1, -0.05) is 6.08 Å². The van der Waals surface area contributed by atoms with E-state index in [1.165, 1.54) is 25.2 Å². The van der Waals surface area contributed by atoms with Gasteiger partial charge in [-0.25, -0.2) is 4.55 Å². The van der Waals surface area contributed by atoms with Gasteiger partial charge in [0.2, 0.25) is 0 Å². The molecule has 12 heavy (non-hydrogen) atoms. The van der Waals surface area contributed by atoms with Crippen molar-refractivity contribution >= 4 is 10.3 Å². The summed E-state index contributed by atoms with van der Waals surface area (Å²) in [5.41, 5.74) is 0.